The lowest BCUT2D eigenvalue weighted by Gasteiger charge is -2.17. The molecule has 0 bridgehead atoms. The molecule has 0 unspecified atom stereocenters. The van der Waals surface area contributed by atoms with Gasteiger partial charge in [0.25, 0.3) is 0 Å². The highest BCUT2D eigenvalue weighted by atomic mass is 15.0. The van der Waals surface area contributed by atoms with Gasteiger partial charge < -0.3 is 9.13 Å². The topological polar surface area (TPSA) is 42.4 Å². The van der Waals surface area contributed by atoms with Crippen LogP contribution in [0.3, 0.4) is 0 Å². The van der Waals surface area contributed by atoms with Crippen molar-refractivity contribution in [2.45, 2.75) is 0 Å². The lowest BCUT2D eigenvalue weighted by Crippen LogP contribution is -1.97. The summed E-state index contributed by atoms with van der Waals surface area (Å²) in [6.07, 6.45) is 0. The van der Waals surface area contributed by atoms with Gasteiger partial charge in [0, 0.05) is 27.2 Å². The average molecular weight is 636 g/mol. The van der Waals surface area contributed by atoms with Crippen molar-refractivity contribution in [2.24, 2.45) is 0 Å². The summed E-state index contributed by atoms with van der Waals surface area (Å²) in [6.45, 7) is 16.4. The van der Waals surface area contributed by atoms with Crippen LogP contribution in [0.5, 0.6) is 0 Å². The van der Waals surface area contributed by atoms with Crippen LogP contribution in [0, 0.1) is 24.5 Å². The van der Waals surface area contributed by atoms with Crippen molar-refractivity contribution < 1.29 is 0 Å². The maximum Gasteiger partial charge on any atom is 0.202 e. The zero-order chi connectivity index (χ0) is 33.8. The normalized spacial score (nSPS) is 11.1. The predicted octanol–water partition coefficient (Wildman–Crippen LogP) is 12.2. The Bertz CT molecular complexity index is 2920. The Kier molecular flexibility index (Phi) is 6.56. The van der Waals surface area contributed by atoms with E-state index in [1.807, 2.05) is 60.7 Å². The van der Waals surface area contributed by atoms with Crippen molar-refractivity contribution in [1.29, 1.82) is 5.26 Å². The third-order valence-corrected chi connectivity index (χ3v) is 9.58. The number of rotatable bonds is 4. The maximum atomic E-state index is 9.67. The summed E-state index contributed by atoms with van der Waals surface area (Å²) in [4.78, 5) is 7.81. The summed E-state index contributed by atoms with van der Waals surface area (Å²) in [5.74, 6) is 0. The molecule has 0 aliphatic heterocycles. The monoisotopic (exact) mass is 635 g/mol. The van der Waals surface area contributed by atoms with E-state index in [0.29, 0.717) is 22.5 Å². The largest absolute Gasteiger partial charge is 0.309 e. The van der Waals surface area contributed by atoms with Crippen molar-refractivity contribution in [2.75, 3.05) is 0 Å². The van der Waals surface area contributed by atoms with Gasteiger partial charge in [0.2, 0.25) is 5.69 Å². The van der Waals surface area contributed by atoms with Gasteiger partial charge in [-0.25, -0.2) is 4.85 Å². The van der Waals surface area contributed by atoms with Crippen LogP contribution >= 0.6 is 0 Å². The van der Waals surface area contributed by atoms with E-state index in [-0.39, 0.29) is 0 Å². The number of aromatic nitrogens is 2. The molecule has 0 atom stereocenters. The molecule has 0 saturated heterocycles. The molecule has 0 saturated carbocycles. The Morgan fingerprint density at radius 3 is 1.78 bits per heavy atom. The summed E-state index contributed by atoms with van der Waals surface area (Å²) in [5.41, 5.74) is 10.7. The van der Waals surface area contributed by atoms with Crippen molar-refractivity contribution in [3.63, 3.8) is 0 Å². The van der Waals surface area contributed by atoms with Crippen LogP contribution in [0.4, 0.5) is 11.4 Å². The predicted molar refractivity (Wildman–Crippen MR) is 203 cm³/mol. The van der Waals surface area contributed by atoms with E-state index in [2.05, 4.69) is 116 Å². The molecule has 9 aromatic rings. The van der Waals surface area contributed by atoms with Gasteiger partial charge in [-0.2, -0.15) is 5.26 Å². The lowest BCUT2D eigenvalue weighted by atomic mass is 9.94. The minimum Gasteiger partial charge on any atom is -0.309 e. The van der Waals surface area contributed by atoms with Gasteiger partial charge in [0.15, 0.2) is 5.69 Å². The van der Waals surface area contributed by atoms with E-state index >= 15 is 0 Å². The molecule has 0 fully saturated rings. The Labute approximate surface area is 288 Å². The molecule has 0 radical (unpaired) electrons. The molecule has 5 heteroatoms. The molecule has 9 rings (SSSR count). The van der Waals surface area contributed by atoms with E-state index in [1.165, 1.54) is 10.8 Å². The number of benzene rings is 7. The summed E-state index contributed by atoms with van der Waals surface area (Å²) in [7, 11) is 0. The van der Waals surface area contributed by atoms with Gasteiger partial charge in [0.05, 0.1) is 52.5 Å². The molecule has 2 heterocycles. The van der Waals surface area contributed by atoms with Gasteiger partial charge in [-0.3, -0.25) is 4.85 Å². The molecule has 7 aromatic carbocycles. The Hall–Kier alpha value is -7.39. The minimum absolute atomic E-state index is 0.311. The molecule has 0 N–H and O–H groups in total. The fourth-order valence-corrected chi connectivity index (χ4v) is 7.42. The van der Waals surface area contributed by atoms with Gasteiger partial charge in [-0.15, -0.1) is 0 Å². The van der Waals surface area contributed by atoms with Crippen LogP contribution in [0.1, 0.15) is 5.56 Å². The summed E-state index contributed by atoms with van der Waals surface area (Å²) in [6, 6.07) is 53.4. The highest BCUT2D eigenvalue weighted by Crippen LogP contribution is 2.46. The fourth-order valence-electron chi connectivity index (χ4n) is 7.42. The van der Waals surface area contributed by atoms with Crippen LogP contribution in [0.2, 0.25) is 0 Å². The van der Waals surface area contributed by atoms with Crippen LogP contribution in [0.25, 0.3) is 86.9 Å². The van der Waals surface area contributed by atoms with E-state index < -0.39 is 0 Å². The first kappa shape index (κ1) is 28.8. The highest BCUT2D eigenvalue weighted by molar-refractivity contribution is 6.11. The lowest BCUT2D eigenvalue weighted by molar-refractivity contribution is 1.18. The van der Waals surface area contributed by atoms with Crippen molar-refractivity contribution >= 4 is 55.0 Å². The third kappa shape index (κ3) is 4.31. The Balaban J connectivity index is 1.28. The molecule has 50 heavy (non-hydrogen) atoms. The summed E-state index contributed by atoms with van der Waals surface area (Å²) in [5, 5.41) is 14.1. The number of nitrogens with zero attached hydrogens (tertiary/aromatic N) is 5. The van der Waals surface area contributed by atoms with E-state index in [9.17, 15) is 5.26 Å². The van der Waals surface area contributed by atoms with Crippen LogP contribution in [-0.4, -0.2) is 9.13 Å². The third-order valence-electron chi connectivity index (χ3n) is 9.58. The standard InChI is InChI=1S/C45H25N5/c1-47-39-27-31(30-12-11-13-32(25-30)49-40-18-7-3-14-33(40)34-15-4-8-19-41(34)49)26-38(45(39)48-2)36-17-6-10-21-43(36)50-42-20-9-5-16-35(42)37-24-29(28-46)22-23-44(37)50/h3-27H. The SMILES string of the molecule is [C-]#[N+]c1cc(-c2cccc(-n3c4ccccc4c4ccccc43)c2)cc(-c2ccccc2-n2c3ccccc3c3cc(C#N)ccc32)c1[N+]#[C-]. The average Bonchev–Trinajstić information content (AvgIpc) is 3.70. The first-order chi connectivity index (χ1) is 24.7. The van der Waals surface area contributed by atoms with Crippen LogP contribution in [0.15, 0.2) is 152 Å². The van der Waals surface area contributed by atoms with E-state index in [1.54, 1.807) is 0 Å². The molecule has 0 amide bonds. The minimum atomic E-state index is 0.311. The fraction of sp³-hybridized carbons (Fsp3) is 0. The first-order valence-electron chi connectivity index (χ1n) is 16.2. The van der Waals surface area contributed by atoms with Gasteiger partial charge in [-0.1, -0.05) is 97.1 Å². The second kappa shape index (κ2) is 11.4. The molecule has 0 spiro atoms. The zero-order valence-corrected chi connectivity index (χ0v) is 26.7. The Morgan fingerprint density at radius 2 is 1.10 bits per heavy atom. The first-order valence-corrected chi connectivity index (χ1v) is 16.2. The van der Waals surface area contributed by atoms with Gasteiger partial charge in [-0.05, 0) is 76.9 Å². The second-order valence-corrected chi connectivity index (χ2v) is 12.2. The molecule has 2 aromatic heterocycles. The molecule has 230 valence electrons. The van der Waals surface area contributed by atoms with Crippen LogP contribution < -0.4 is 0 Å². The number of fused-ring (bicyclic) bond motifs is 6. The number of para-hydroxylation sites is 4. The smallest absolute Gasteiger partial charge is 0.202 e. The number of hydrogen-bond donors (Lipinski definition) is 0. The number of nitriles is 1. The van der Waals surface area contributed by atoms with Crippen molar-refractivity contribution in [3.8, 4) is 39.7 Å². The van der Waals surface area contributed by atoms with Crippen LogP contribution in [-0.2, 0) is 0 Å². The summed E-state index contributed by atoms with van der Waals surface area (Å²) < 4.78 is 4.48. The zero-order valence-electron chi connectivity index (χ0n) is 26.7. The maximum absolute atomic E-state index is 9.67. The molecule has 0 aliphatic rings. The van der Waals surface area contributed by atoms with Crippen molar-refractivity contribution in [1.82, 2.24) is 9.13 Å². The molecular formula is C45H25N5. The van der Waals surface area contributed by atoms with E-state index in [4.69, 9.17) is 13.1 Å². The van der Waals surface area contributed by atoms with E-state index in [0.717, 1.165) is 60.9 Å². The second-order valence-electron chi connectivity index (χ2n) is 12.2. The molecular weight excluding hydrogens is 611 g/mol. The quantitative estimate of drug-likeness (QED) is 0.177. The Morgan fingerprint density at radius 1 is 0.480 bits per heavy atom. The molecule has 0 aliphatic carbocycles. The highest BCUT2D eigenvalue weighted by Gasteiger charge is 2.20. The van der Waals surface area contributed by atoms with Gasteiger partial charge in [0.1, 0.15) is 0 Å². The van der Waals surface area contributed by atoms with Crippen molar-refractivity contribution in [3.05, 3.63) is 180 Å². The summed E-state index contributed by atoms with van der Waals surface area (Å²) >= 11 is 0. The number of hydrogen-bond acceptors (Lipinski definition) is 1. The van der Waals surface area contributed by atoms with Gasteiger partial charge >= 0.3 is 0 Å². The molecule has 5 nitrogen and oxygen atoms in total.